The summed E-state index contributed by atoms with van der Waals surface area (Å²) < 4.78 is 1.77. The molecule has 0 aliphatic heterocycles. The molecule has 19 heavy (non-hydrogen) atoms. The fraction of sp³-hybridized carbons (Fsp3) is 0.462. The van der Waals surface area contributed by atoms with Crippen LogP contribution in [0.1, 0.15) is 54.0 Å². The first-order valence-corrected chi connectivity index (χ1v) is 7.13. The van der Waals surface area contributed by atoms with Crippen molar-refractivity contribution in [2.24, 2.45) is 0 Å². The van der Waals surface area contributed by atoms with Gasteiger partial charge in [-0.1, -0.05) is 0 Å². The number of carbonyl (C=O) groups excluding carboxylic acids is 1. The Morgan fingerprint density at radius 3 is 2.68 bits per heavy atom. The second-order valence-electron chi connectivity index (χ2n) is 4.76. The SMILES string of the molecule is Cc1nc(C(C)NC(=O)c2ccn(C(C)C)n2)cs1. The molecule has 0 spiro atoms. The maximum atomic E-state index is 12.1. The van der Waals surface area contributed by atoms with Crippen molar-refractivity contribution in [1.29, 1.82) is 0 Å². The summed E-state index contributed by atoms with van der Waals surface area (Å²) in [7, 11) is 0. The molecule has 1 unspecified atom stereocenters. The molecule has 102 valence electrons. The second kappa shape index (κ2) is 5.52. The summed E-state index contributed by atoms with van der Waals surface area (Å²) in [6.07, 6.45) is 1.82. The first kappa shape index (κ1) is 13.7. The van der Waals surface area contributed by atoms with Gasteiger partial charge in [0, 0.05) is 17.6 Å². The number of hydrogen-bond donors (Lipinski definition) is 1. The Morgan fingerprint density at radius 1 is 1.42 bits per heavy atom. The maximum absolute atomic E-state index is 12.1. The minimum atomic E-state index is -0.169. The van der Waals surface area contributed by atoms with Gasteiger partial charge in [0.1, 0.15) is 5.69 Å². The molecular weight excluding hydrogens is 260 g/mol. The lowest BCUT2D eigenvalue weighted by atomic mass is 10.2. The summed E-state index contributed by atoms with van der Waals surface area (Å²) in [4.78, 5) is 16.4. The predicted octanol–water partition coefficient (Wildman–Crippen LogP) is 2.72. The van der Waals surface area contributed by atoms with Crippen LogP contribution in [0.2, 0.25) is 0 Å². The standard InChI is InChI=1S/C13H18N4OS/c1-8(2)17-6-5-11(16-17)13(18)14-9(3)12-7-19-10(4)15-12/h5-9H,1-4H3,(H,14,18). The first-order chi connectivity index (χ1) is 8.97. The van der Waals surface area contributed by atoms with E-state index < -0.39 is 0 Å². The predicted molar refractivity (Wildman–Crippen MR) is 75.3 cm³/mol. The monoisotopic (exact) mass is 278 g/mol. The van der Waals surface area contributed by atoms with E-state index in [4.69, 9.17) is 0 Å². The molecule has 5 nitrogen and oxygen atoms in total. The van der Waals surface area contributed by atoms with Crippen molar-refractivity contribution in [3.05, 3.63) is 34.0 Å². The van der Waals surface area contributed by atoms with Crippen LogP contribution in [0.3, 0.4) is 0 Å². The molecule has 0 radical (unpaired) electrons. The minimum absolute atomic E-state index is 0.110. The number of thiazole rings is 1. The third-order valence-electron chi connectivity index (χ3n) is 2.80. The van der Waals surface area contributed by atoms with E-state index >= 15 is 0 Å². The average molecular weight is 278 g/mol. The first-order valence-electron chi connectivity index (χ1n) is 6.25. The summed E-state index contributed by atoms with van der Waals surface area (Å²) in [5.41, 5.74) is 1.33. The van der Waals surface area contributed by atoms with Crippen LogP contribution in [0, 0.1) is 6.92 Å². The molecule has 0 aromatic carbocycles. The highest BCUT2D eigenvalue weighted by Gasteiger charge is 2.16. The van der Waals surface area contributed by atoms with Crippen LogP contribution in [-0.4, -0.2) is 20.7 Å². The zero-order chi connectivity index (χ0) is 14.0. The van der Waals surface area contributed by atoms with Crippen LogP contribution in [-0.2, 0) is 0 Å². The lowest BCUT2D eigenvalue weighted by molar-refractivity contribution is 0.0933. The van der Waals surface area contributed by atoms with E-state index in [2.05, 4.69) is 15.4 Å². The molecule has 2 aromatic heterocycles. The fourth-order valence-corrected chi connectivity index (χ4v) is 2.38. The number of rotatable bonds is 4. The molecule has 0 saturated heterocycles. The van der Waals surface area contributed by atoms with Crippen molar-refractivity contribution in [1.82, 2.24) is 20.1 Å². The van der Waals surface area contributed by atoms with E-state index in [0.29, 0.717) is 5.69 Å². The van der Waals surface area contributed by atoms with E-state index in [1.54, 1.807) is 22.1 Å². The Labute approximate surface area is 116 Å². The molecule has 0 bridgehead atoms. The van der Waals surface area contributed by atoms with Gasteiger partial charge in [-0.3, -0.25) is 9.48 Å². The number of amides is 1. The zero-order valence-electron chi connectivity index (χ0n) is 11.5. The Kier molecular flexibility index (Phi) is 3.99. The van der Waals surface area contributed by atoms with Gasteiger partial charge in [0.2, 0.25) is 0 Å². The van der Waals surface area contributed by atoms with Crippen LogP contribution < -0.4 is 5.32 Å². The third-order valence-corrected chi connectivity index (χ3v) is 3.59. The number of nitrogens with zero attached hydrogens (tertiary/aromatic N) is 3. The molecule has 0 aliphatic rings. The van der Waals surface area contributed by atoms with Crippen molar-refractivity contribution in [3.63, 3.8) is 0 Å². The van der Waals surface area contributed by atoms with Gasteiger partial charge in [-0.15, -0.1) is 11.3 Å². The van der Waals surface area contributed by atoms with E-state index in [1.807, 2.05) is 39.3 Å². The van der Waals surface area contributed by atoms with Gasteiger partial charge in [0.15, 0.2) is 0 Å². The molecule has 1 N–H and O–H groups in total. The number of hydrogen-bond acceptors (Lipinski definition) is 4. The summed E-state index contributed by atoms with van der Waals surface area (Å²) in [6.45, 7) is 7.92. The van der Waals surface area contributed by atoms with E-state index in [-0.39, 0.29) is 18.0 Å². The molecule has 0 fully saturated rings. The van der Waals surface area contributed by atoms with Gasteiger partial charge in [-0.25, -0.2) is 4.98 Å². The van der Waals surface area contributed by atoms with Crippen LogP contribution >= 0.6 is 11.3 Å². The van der Waals surface area contributed by atoms with Gasteiger partial charge in [0.25, 0.3) is 5.91 Å². The van der Waals surface area contributed by atoms with Gasteiger partial charge >= 0.3 is 0 Å². The molecule has 2 heterocycles. The van der Waals surface area contributed by atoms with E-state index in [1.165, 1.54) is 0 Å². The quantitative estimate of drug-likeness (QED) is 0.935. The molecule has 1 amide bonds. The molecule has 1 atom stereocenters. The molecule has 2 rings (SSSR count). The highest BCUT2D eigenvalue weighted by Crippen LogP contribution is 2.16. The Morgan fingerprint density at radius 2 is 2.16 bits per heavy atom. The van der Waals surface area contributed by atoms with Crippen molar-refractivity contribution >= 4 is 17.2 Å². The highest BCUT2D eigenvalue weighted by molar-refractivity contribution is 7.09. The Balaban J connectivity index is 2.04. The molecular formula is C13H18N4OS. The van der Waals surface area contributed by atoms with Gasteiger partial charge in [-0.05, 0) is 33.8 Å². The summed E-state index contributed by atoms with van der Waals surface area (Å²) in [5, 5.41) is 10.1. The smallest absolute Gasteiger partial charge is 0.272 e. The highest BCUT2D eigenvalue weighted by atomic mass is 32.1. The van der Waals surface area contributed by atoms with Gasteiger partial charge in [0.05, 0.1) is 16.7 Å². The topological polar surface area (TPSA) is 59.8 Å². The second-order valence-corrected chi connectivity index (χ2v) is 5.82. The van der Waals surface area contributed by atoms with Crippen molar-refractivity contribution in [2.75, 3.05) is 0 Å². The van der Waals surface area contributed by atoms with Crippen LogP contribution in [0.25, 0.3) is 0 Å². The lowest BCUT2D eigenvalue weighted by Crippen LogP contribution is -2.27. The number of aryl methyl sites for hydroxylation is 1. The fourth-order valence-electron chi connectivity index (χ4n) is 1.67. The maximum Gasteiger partial charge on any atom is 0.272 e. The average Bonchev–Trinajstić information content (AvgIpc) is 2.96. The Hall–Kier alpha value is -1.69. The van der Waals surface area contributed by atoms with Crippen molar-refractivity contribution in [3.8, 4) is 0 Å². The van der Waals surface area contributed by atoms with Crippen LogP contribution in [0.4, 0.5) is 0 Å². The van der Waals surface area contributed by atoms with Crippen LogP contribution in [0.15, 0.2) is 17.6 Å². The van der Waals surface area contributed by atoms with Crippen molar-refractivity contribution in [2.45, 2.75) is 39.8 Å². The zero-order valence-corrected chi connectivity index (χ0v) is 12.4. The van der Waals surface area contributed by atoms with Crippen molar-refractivity contribution < 1.29 is 4.79 Å². The number of carbonyl (C=O) groups is 1. The largest absolute Gasteiger partial charge is 0.343 e. The molecule has 6 heteroatoms. The Bertz CT molecular complexity index is 573. The normalized spacial score (nSPS) is 12.7. The lowest BCUT2D eigenvalue weighted by Gasteiger charge is -2.10. The van der Waals surface area contributed by atoms with Gasteiger partial charge < -0.3 is 5.32 Å². The van der Waals surface area contributed by atoms with Gasteiger partial charge in [-0.2, -0.15) is 5.10 Å². The number of aromatic nitrogens is 3. The summed E-state index contributed by atoms with van der Waals surface area (Å²) >= 11 is 1.58. The van der Waals surface area contributed by atoms with E-state index in [9.17, 15) is 4.79 Å². The van der Waals surface area contributed by atoms with Crippen LogP contribution in [0.5, 0.6) is 0 Å². The molecule has 0 saturated carbocycles. The minimum Gasteiger partial charge on any atom is -0.343 e. The van der Waals surface area contributed by atoms with E-state index in [0.717, 1.165) is 10.7 Å². The third kappa shape index (κ3) is 3.20. The molecule has 2 aromatic rings. The number of nitrogens with one attached hydrogen (secondary N) is 1. The molecule has 0 aliphatic carbocycles. The summed E-state index contributed by atoms with van der Waals surface area (Å²) in [5.74, 6) is -0.169. The summed E-state index contributed by atoms with van der Waals surface area (Å²) in [6, 6.07) is 1.87.